The van der Waals surface area contributed by atoms with E-state index in [1.54, 1.807) is 4.90 Å². The summed E-state index contributed by atoms with van der Waals surface area (Å²) in [6, 6.07) is 3.36. The predicted octanol–water partition coefficient (Wildman–Crippen LogP) is 2.06. The second kappa shape index (κ2) is 7.67. The van der Waals surface area contributed by atoms with E-state index in [1.165, 1.54) is 19.1 Å². The van der Waals surface area contributed by atoms with Crippen molar-refractivity contribution in [3.05, 3.63) is 39.4 Å². The second-order valence-corrected chi connectivity index (χ2v) is 5.79. The molecule has 0 atom stereocenters. The maximum absolute atomic E-state index is 12.2. The average molecular weight is 333 g/mol. The van der Waals surface area contributed by atoms with E-state index >= 15 is 0 Å². The summed E-state index contributed by atoms with van der Waals surface area (Å²) in [5, 5.41) is 13.4. The molecule has 128 valence electrons. The highest BCUT2D eigenvalue weighted by Crippen LogP contribution is 2.21. The van der Waals surface area contributed by atoms with Crippen molar-refractivity contribution in [2.45, 2.75) is 32.6 Å². The Hall–Kier alpha value is -2.77. The molecule has 1 aliphatic rings. The number of nitro benzene ring substituents is 1. The quantitative estimate of drug-likeness (QED) is 0.670. The standard InChI is InChI=1S/C16H19N3O5/c1-11(20)9-12-5-6-13(10-14(12)19(23)24)15(21)17-16(22)18-7-3-2-4-8-18/h5-6,10H,2-4,7-9H2,1H3,(H,17,21,22). The molecule has 1 fully saturated rings. The third-order valence-electron chi connectivity index (χ3n) is 3.85. The van der Waals surface area contributed by atoms with Crippen LogP contribution in [0, 0.1) is 10.1 Å². The van der Waals surface area contributed by atoms with E-state index in [2.05, 4.69) is 5.32 Å². The summed E-state index contributed by atoms with van der Waals surface area (Å²) in [6.45, 7) is 2.52. The molecule has 0 unspecified atom stereocenters. The Kier molecular flexibility index (Phi) is 5.62. The molecule has 0 aromatic heterocycles. The molecule has 2 rings (SSSR count). The molecule has 1 heterocycles. The van der Waals surface area contributed by atoms with E-state index in [0.29, 0.717) is 13.1 Å². The highest BCUT2D eigenvalue weighted by Gasteiger charge is 2.22. The summed E-state index contributed by atoms with van der Waals surface area (Å²) < 4.78 is 0. The zero-order valence-electron chi connectivity index (χ0n) is 13.4. The number of nitrogens with one attached hydrogen (secondary N) is 1. The number of imide groups is 1. The Morgan fingerprint density at radius 1 is 1.21 bits per heavy atom. The molecular weight excluding hydrogens is 314 g/mol. The van der Waals surface area contributed by atoms with Crippen LogP contribution < -0.4 is 5.32 Å². The molecule has 8 nitrogen and oxygen atoms in total. The number of nitrogens with zero attached hydrogens (tertiary/aromatic N) is 2. The van der Waals surface area contributed by atoms with Crippen LogP contribution in [0.1, 0.15) is 42.1 Å². The second-order valence-electron chi connectivity index (χ2n) is 5.79. The van der Waals surface area contributed by atoms with Gasteiger partial charge in [-0.2, -0.15) is 0 Å². The summed E-state index contributed by atoms with van der Waals surface area (Å²) >= 11 is 0. The van der Waals surface area contributed by atoms with E-state index < -0.39 is 16.9 Å². The predicted molar refractivity (Wildman–Crippen MR) is 85.8 cm³/mol. The molecule has 0 saturated carbocycles. The first-order valence-electron chi connectivity index (χ1n) is 7.75. The number of ketones is 1. The highest BCUT2D eigenvalue weighted by molar-refractivity contribution is 6.04. The molecule has 1 N–H and O–H groups in total. The Bertz CT molecular complexity index is 680. The smallest absolute Gasteiger partial charge is 0.324 e. The molecule has 0 spiro atoms. The van der Waals surface area contributed by atoms with Gasteiger partial charge in [-0.25, -0.2) is 4.79 Å². The summed E-state index contributed by atoms with van der Waals surface area (Å²) in [5.74, 6) is -0.904. The van der Waals surface area contributed by atoms with E-state index in [1.807, 2.05) is 0 Å². The molecule has 1 aromatic carbocycles. The van der Waals surface area contributed by atoms with Crippen LogP contribution in [0.15, 0.2) is 18.2 Å². The Morgan fingerprint density at radius 2 is 1.88 bits per heavy atom. The lowest BCUT2D eigenvalue weighted by Gasteiger charge is -2.26. The van der Waals surface area contributed by atoms with Gasteiger partial charge in [0.25, 0.3) is 11.6 Å². The summed E-state index contributed by atoms with van der Waals surface area (Å²) in [6.07, 6.45) is 2.77. The van der Waals surface area contributed by atoms with E-state index in [-0.39, 0.29) is 29.0 Å². The van der Waals surface area contributed by atoms with Gasteiger partial charge in [-0.05, 0) is 32.3 Å². The van der Waals surface area contributed by atoms with Crippen LogP contribution in [-0.2, 0) is 11.2 Å². The van der Waals surface area contributed by atoms with Crippen molar-refractivity contribution in [2.75, 3.05) is 13.1 Å². The zero-order chi connectivity index (χ0) is 17.7. The average Bonchev–Trinajstić information content (AvgIpc) is 2.55. The van der Waals surface area contributed by atoms with Gasteiger partial charge in [0.2, 0.25) is 0 Å². The number of amides is 3. The van der Waals surface area contributed by atoms with Gasteiger partial charge in [0.1, 0.15) is 5.78 Å². The van der Waals surface area contributed by atoms with Crippen molar-refractivity contribution in [2.24, 2.45) is 0 Å². The van der Waals surface area contributed by atoms with Gasteiger partial charge in [0, 0.05) is 36.7 Å². The lowest BCUT2D eigenvalue weighted by Crippen LogP contribution is -2.45. The SMILES string of the molecule is CC(=O)Cc1ccc(C(=O)NC(=O)N2CCCCC2)cc1[N+](=O)[O-]. The van der Waals surface area contributed by atoms with Gasteiger partial charge < -0.3 is 4.90 Å². The van der Waals surface area contributed by atoms with Gasteiger partial charge in [-0.1, -0.05) is 6.07 Å². The molecule has 0 bridgehead atoms. The number of benzene rings is 1. The first-order chi connectivity index (χ1) is 11.4. The van der Waals surface area contributed by atoms with E-state index in [9.17, 15) is 24.5 Å². The van der Waals surface area contributed by atoms with Crippen molar-refractivity contribution in [1.82, 2.24) is 10.2 Å². The lowest BCUT2D eigenvalue weighted by atomic mass is 10.0. The largest absolute Gasteiger partial charge is 0.324 e. The van der Waals surface area contributed by atoms with Gasteiger partial charge in [-0.15, -0.1) is 0 Å². The molecule has 0 aliphatic carbocycles. The minimum absolute atomic E-state index is 0.0133. The summed E-state index contributed by atoms with van der Waals surface area (Å²) in [7, 11) is 0. The number of nitro groups is 1. The fourth-order valence-electron chi connectivity index (χ4n) is 2.64. The highest BCUT2D eigenvalue weighted by atomic mass is 16.6. The third kappa shape index (κ3) is 4.37. The Balaban J connectivity index is 2.14. The summed E-state index contributed by atoms with van der Waals surface area (Å²) in [4.78, 5) is 47.4. The van der Waals surface area contributed by atoms with Gasteiger partial charge >= 0.3 is 6.03 Å². The van der Waals surface area contributed by atoms with Crippen LogP contribution in [-0.4, -0.2) is 40.6 Å². The van der Waals surface area contributed by atoms with Crippen LogP contribution in [0.5, 0.6) is 0 Å². The van der Waals surface area contributed by atoms with Crippen LogP contribution in [0.2, 0.25) is 0 Å². The van der Waals surface area contributed by atoms with Gasteiger partial charge in [0.15, 0.2) is 0 Å². The summed E-state index contributed by atoms with van der Waals surface area (Å²) in [5.41, 5.74) is -0.0472. The maximum Gasteiger partial charge on any atom is 0.324 e. The molecule has 8 heteroatoms. The number of rotatable bonds is 4. The number of piperidine rings is 1. The molecule has 1 aliphatic heterocycles. The lowest BCUT2D eigenvalue weighted by molar-refractivity contribution is -0.385. The number of carbonyl (C=O) groups excluding carboxylic acids is 3. The van der Waals surface area contributed by atoms with Crippen LogP contribution >= 0.6 is 0 Å². The van der Waals surface area contributed by atoms with Crippen LogP contribution in [0.4, 0.5) is 10.5 Å². The van der Waals surface area contributed by atoms with Crippen molar-refractivity contribution in [3.63, 3.8) is 0 Å². The molecule has 0 radical (unpaired) electrons. The topological polar surface area (TPSA) is 110 Å². The molecule has 3 amide bonds. The molecule has 1 aromatic rings. The van der Waals surface area contributed by atoms with Crippen molar-refractivity contribution in [1.29, 1.82) is 0 Å². The normalized spacial score (nSPS) is 14.1. The fourth-order valence-corrected chi connectivity index (χ4v) is 2.64. The number of urea groups is 1. The number of likely N-dealkylation sites (tertiary alicyclic amines) is 1. The first-order valence-corrected chi connectivity index (χ1v) is 7.75. The van der Waals surface area contributed by atoms with Gasteiger partial charge in [-0.3, -0.25) is 25.0 Å². The number of hydrogen-bond donors (Lipinski definition) is 1. The molecular formula is C16H19N3O5. The number of hydrogen-bond acceptors (Lipinski definition) is 5. The minimum Gasteiger partial charge on any atom is -0.324 e. The Morgan fingerprint density at radius 3 is 2.46 bits per heavy atom. The van der Waals surface area contributed by atoms with E-state index in [0.717, 1.165) is 25.3 Å². The fraction of sp³-hybridized carbons (Fsp3) is 0.438. The van der Waals surface area contributed by atoms with Crippen molar-refractivity contribution in [3.8, 4) is 0 Å². The van der Waals surface area contributed by atoms with Gasteiger partial charge in [0.05, 0.1) is 4.92 Å². The zero-order valence-corrected chi connectivity index (χ0v) is 13.4. The van der Waals surface area contributed by atoms with Crippen LogP contribution in [0.25, 0.3) is 0 Å². The number of Topliss-reactive ketones (excluding diaryl/α,β-unsaturated/α-hetero) is 1. The molecule has 1 saturated heterocycles. The first kappa shape index (κ1) is 17.6. The van der Waals surface area contributed by atoms with Crippen LogP contribution in [0.3, 0.4) is 0 Å². The van der Waals surface area contributed by atoms with Crippen molar-refractivity contribution >= 4 is 23.4 Å². The number of carbonyl (C=O) groups is 3. The third-order valence-corrected chi connectivity index (χ3v) is 3.85. The minimum atomic E-state index is -0.692. The maximum atomic E-state index is 12.2. The van der Waals surface area contributed by atoms with Crippen molar-refractivity contribution < 1.29 is 19.3 Å². The monoisotopic (exact) mass is 333 g/mol. The molecule has 24 heavy (non-hydrogen) atoms. The Labute approximate surface area is 139 Å². The van der Waals surface area contributed by atoms with E-state index in [4.69, 9.17) is 0 Å².